The third-order valence-electron chi connectivity index (χ3n) is 5.17. The van der Waals surface area contributed by atoms with E-state index in [1.54, 1.807) is 11.3 Å². The minimum Gasteiger partial charge on any atom is -0.352 e. The molecular weight excluding hydrogens is 470 g/mol. The highest BCUT2D eigenvalue weighted by atomic mass is 32.2. The SMILES string of the molecule is Cc1ccc(/C=C2\SC(=S)N(CCC(=O)NCc3ccc(-c4csc(C)n4)cc3)C2=O)cc1. The van der Waals surface area contributed by atoms with Crippen LogP contribution in [0.5, 0.6) is 0 Å². The molecule has 1 fully saturated rings. The predicted octanol–water partition coefficient (Wildman–Crippen LogP) is 5.33. The Hall–Kier alpha value is -2.81. The second-order valence-corrected chi connectivity index (χ2v) is 10.5. The van der Waals surface area contributed by atoms with E-state index in [0.717, 1.165) is 33.0 Å². The zero-order chi connectivity index (χ0) is 23.4. The van der Waals surface area contributed by atoms with E-state index < -0.39 is 0 Å². The van der Waals surface area contributed by atoms with E-state index in [2.05, 4.69) is 10.3 Å². The minimum atomic E-state index is -0.147. The summed E-state index contributed by atoms with van der Waals surface area (Å²) in [5, 5.41) is 5.99. The van der Waals surface area contributed by atoms with E-state index in [1.165, 1.54) is 16.7 Å². The average molecular weight is 494 g/mol. The van der Waals surface area contributed by atoms with Crippen molar-refractivity contribution in [2.45, 2.75) is 26.8 Å². The average Bonchev–Trinajstić information content (AvgIpc) is 3.35. The van der Waals surface area contributed by atoms with Crippen molar-refractivity contribution in [2.75, 3.05) is 6.54 Å². The fourth-order valence-electron chi connectivity index (χ4n) is 3.30. The molecule has 0 aliphatic carbocycles. The highest BCUT2D eigenvalue weighted by Crippen LogP contribution is 2.32. The highest BCUT2D eigenvalue weighted by Gasteiger charge is 2.32. The fraction of sp³-hybridized carbons (Fsp3) is 0.200. The van der Waals surface area contributed by atoms with Gasteiger partial charge in [-0.3, -0.25) is 14.5 Å². The van der Waals surface area contributed by atoms with Crippen molar-refractivity contribution in [3.05, 3.63) is 80.5 Å². The standard InChI is InChI=1S/C25H23N3O2S3/c1-16-3-5-18(6-4-16)13-22-24(30)28(25(31)33-22)12-11-23(29)26-14-19-7-9-20(10-8-19)21-15-32-17(2)27-21/h3-10,13,15H,11-12,14H2,1-2H3,(H,26,29)/b22-13-. The molecule has 2 amide bonds. The van der Waals surface area contributed by atoms with E-state index in [1.807, 2.05) is 73.8 Å². The van der Waals surface area contributed by atoms with Crippen molar-refractivity contribution >= 4 is 57.5 Å². The third kappa shape index (κ3) is 5.96. The smallest absolute Gasteiger partial charge is 0.266 e. The Morgan fingerprint density at radius 2 is 1.85 bits per heavy atom. The molecule has 0 atom stereocenters. The van der Waals surface area contributed by atoms with Gasteiger partial charge in [0.25, 0.3) is 5.91 Å². The zero-order valence-corrected chi connectivity index (χ0v) is 20.8. The predicted molar refractivity (Wildman–Crippen MR) is 140 cm³/mol. The number of aryl methyl sites for hydroxylation is 2. The molecule has 1 aliphatic heterocycles. The van der Waals surface area contributed by atoms with Gasteiger partial charge in [-0.2, -0.15) is 0 Å². The van der Waals surface area contributed by atoms with Gasteiger partial charge >= 0.3 is 0 Å². The first-order valence-corrected chi connectivity index (χ1v) is 12.6. The summed E-state index contributed by atoms with van der Waals surface area (Å²) in [5.41, 5.74) is 5.15. The van der Waals surface area contributed by atoms with Crippen LogP contribution in [0.3, 0.4) is 0 Å². The molecule has 1 N–H and O–H groups in total. The molecule has 2 aromatic carbocycles. The first-order chi connectivity index (χ1) is 15.9. The Bertz CT molecular complexity index is 1210. The van der Waals surface area contributed by atoms with E-state index in [9.17, 15) is 9.59 Å². The van der Waals surface area contributed by atoms with Gasteiger partial charge in [-0.05, 0) is 31.1 Å². The number of carbonyl (C=O) groups excluding carboxylic acids is 2. The van der Waals surface area contributed by atoms with Gasteiger partial charge in [-0.15, -0.1) is 11.3 Å². The number of hydrogen-bond donors (Lipinski definition) is 1. The number of hydrogen-bond acceptors (Lipinski definition) is 6. The molecule has 1 saturated heterocycles. The summed E-state index contributed by atoms with van der Waals surface area (Å²) in [4.78, 5) is 31.7. The van der Waals surface area contributed by atoms with E-state index >= 15 is 0 Å². The molecule has 0 radical (unpaired) electrons. The summed E-state index contributed by atoms with van der Waals surface area (Å²) in [6, 6.07) is 16.0. The van der Waals surface area contributed by atoms with Crippen LogP contribution in [-0.2, 0) is 16.1 Å². The highest BCUT2D eigenvalue weighted by molar-refractivity contribution is 8.26. The Balaban J connectivity index is 1.27. The molecule has 0 unspecified atom stereocenters. The van der Waals surface area contributed by atoms with Gasteiger partial charge in [0.15, 0.2) is 0 Å². The maximum Gasteiger partial charge on any atom is 0.266 e. The number of thiazole rings is 1. The Labute approximate surface area is 206 Å². The van der Waals surface area contributed by atoms with Crippen LogP contribution < -0.4 is 5.32 Å². The van der Waals surface area contributed by atoms with Gasteiger partial charge in [0.05, 0.1) is 15.6 Å². The van der Waals surface area contributed by atoms with Gasteiger partial charge in [0, 0.05) is 30.5 Å². The zero-order valence-electron chi connectivity index (χ0n) is 18.3. The summed E-state index contributed by atoms with van der Waals surface area (Å²) in [6.45, 7) is 4.71. The number of benzene rings is 2. The normalized spacial score (nSPS) is 14.8. The molecule has 33 heavy (non-hydrogen) atoms. The lowest BCUT2D eigenvalue weighted by Crippen LogP contribution is -2.33. The maximum atomic E-state index is 12.7. The quantitative estimate of drug-likeness (QED) is 0.356. The molecule has 2 heterocycles. The molecule has 0 saturated carbocycles. The summed E-state index contributed by atoms with van der Waals surface area (Å²) < 4.78 is 0.485. The molecule has 4 rings (SSSR count). The maximum absolute atomic E-state index is 12.7. The lowest BCUT2D eigenvalue weighted by molar-refractivity contribution is -0.123. The van der Waals surface area contributed by atoms with Gasteiger partial charge in [-0.1, -0.05) is 78.1 Å². The fourth-order valence-corrected chi connectivity index (χ4v) is 5.23. The van der Waals surface area contributed by atoms with Crippen LogP contribution in [0.25, 0.3) is 17.3 Å². The van der Waals surface area contributed by atoms with Crippen LogP contribution in [-0.4, -0.2) is 32.6 Å². The molecular formula is C25H23N3O2S3. The second kappa shape index (κ2) is 10.4. The number of thiocarbonyl (C=S) groups is 1. The van der Waals surface area contributed by atoms with Crippen LogP contribution in [0.15, 0.2) is 58.8 Å². The van der Waals surface area contributed by atoms with Crippen molar-refractivity contribution in [1.82, 2.24) is 15.2 Å². The second-order valence-electron chi connectivity index (χ2n) is 7.72. The van der Waals surface area contributed by atoms with Crippen LogP contribution in [0.2, 0.25) is 0 Å². The van der Waals surface area contributed by atoms with Gasteiger partial charge in [-0.25, -0.2) is 4.98 Å². The topological polar surface area (TPSA) is 62.3 Å². The molecule has 1 aromatic heterocycles. The molecule has 0 spiro atoms. The summed E-state index contributed by atoms with van der Waals surface area (Å²) in [7, 11) is 0. The monoisotopic (exact) mass is 493 g/mol. The molecule has 168 valence electrons. The number of nitrogens with one attached hydrogen (secondary N) is 1. The molecule has 0 bridgehead atoms. The van der Waals surface area contributed by atoms with Crippen molar-refractivity contribution in [3.63, 3.8) is 0 Å². The minimum absolute atomic E-state index is 0.120. The van der Waals surface area contributed by atoms with E-state index in [4.69, 9.17) is 12.2 Å². The lowest BCUT2D eigenvalue weighted by atomic mass is 10.1. The van der Waals surface area contributed by atoms with Gasteiger partial charge in [0.1, 0.15) is 4.32 Å². The Kier molecular flexibility index (Phi) is 7.37. The van der Waals surface area contributed by atoms with Crippen molar-refractivity contribution in [3.8, 4) is 11.3 Å². The number of thioether (sulfide) groups is 1. The Morgan fingerprint density at radius 1 is 1.12 bits per heavy atom. The molecule has 8 heteroatoms. The van der Waals surface area contributed by atoms with Crippen LogP contribution in [0, 0.1) is 13.8 Å². The number of carbonyl (C=O) groups is 2. The van der Waals surface area contributed by atoms with Crippen molar-refractivity contribution < 1.29 is 9.59 Å². The summed E-state index contributed by atoms with van der Waals surface area (Å²) >= 11 is 8.27. The van der Waals surface area contributed by atoms with Crippen molar-refractivity contribution in [1.29, 1.82) is 0 Å². The summed E-state index contributed by atoms with van der Waals surface area (Å²) in [6.07, 6.45) is 2.04. The number of nitrogens with zero attached hydrogens (tertiary/aromatic N) is 2. The first kappa shape index (κ1) is 23.4. The third-order valence-corrected chi connectivity index (χ3v) is 7.32. The van der Waals surface area contributed by atoms with Crippen LogP contribution in [0.1, 0.15) is 28.1 Å². The van der Waals surface area contributed by atoms with Crippen LogP contribution >= 0.6 is 35.3 Å². The first-order valence-electron chi connectivity index (χ1n) is 10.5. The largest absolute Gasteiger partial charge is 0.352 e. The van der Waals surface area contributed by atoms with Crippen molar-refractivity contribution in [2.24, 2.45) is 0 Å². The van der Waals surface area contributed by atoms with Gasteiger partial charge in [0.2, 0.25) is 5.91 Å². The lowest BCUT2D eigenvalue weighted by Gasteiger charge is -2.14. The number of aromatic nitrogens is 1. The Morgan fingerprint density at radius 3 is 2.52 bits per heavy atom. The summed E-state index contributed by atoms with van der Waals surface area (Å²) in [5.74, 6) is -0.267. The number of amides is 2. The van der Waals surface area contributed by atoms with Crippen LogP contribution in [0.4, 0.5) is 0 Å². The molecule has 5 nitrogen and oxygen atoms in total. The van der Waals surface area contributed by atoms with E-state index in [0.29, 0.717) is 15.8 Å². The van der Waals surface area contributed by atoms with E-state index in [-0.39, 0.29) is 24.8 Å². The number of rotatable bonds is 7. The molecule has 3 aromatic rings. The van der Waals surface area contributed by atoms with Gasteiger partial charge < -0.3 is 5.32 Å². The molecule has 1 aliphatic rings.